The van der Waals surface area contributed by atoms with Crippen LogP contribution in [0.4, 0.5) is 5.69 Å². The van der Waals surface area contributed by atoms with Gasteiger partial charge in [-0.3, -0.25) is 15.0 Å². The van der Waals surface area contributed by atoms with E-state index < -0.39 is 4.92 Å². The van der Waals surface area contributed by atoms with Crippen molar-refractivity contribution in [1.82, 2.24) is 15.0 Å². The number of rotatable bonds is 8. The van der Waals surface area contributed by atoms with Crippen molar-refractivity contribution in [3.05, 3.63) is 40.3 Å². The molecule has 0 saturated heterocycles. The molecule has 0 aliphatic heterocycles. The van der Waals surface area contributed by atoms with E-state index in [1.807, 2.05) is 7.05 Å². The van der Waals surface area contributed by atoms with Crippen LogP contribution in [-0.2, 0) is 11.3 Å². The van der Waals surface area contributed by atoms with Gasteiger partial charge in [-0.25, -0.2) is 0 Å². The van der Waals surface area contributed by atoms with Crippen molar-refractivity contribution in [2.24, 2.45) is 0 Å². The predicted molar refractivity (Wildman–Crippen MR) is 79.2 cm³/mol. The maximum atomic E-state index is 10.6. The third-order valence-electron chi connectivity index (χ3n) is 3.10. The largest absolute Gasteiger partial charge is 0.385 e. The molecule has 0 aliphatic carbocycles. The highest BCUT2D eigenvalue weighted by Crippen LogP contribution is 2.20. The number of hydrogen-bond donors (Lipinski definition) is 0. The highest BCUT2D eigenvalue weighted by molar-refractivity contribution is 5.56. The Morgan fingerprint density at radius 2 is 2.09 bits per heavy atom. The Kier molecular flexibility index (Phi) is 5.56. The van der Waals surface area contributed by atoms with Crippen LogP contribution in [-0.4, -0.2) is 47.3 Å². The highest BCUT2D eigenvalue weighted by atomic mass is 16.6. The van der Waals surface area contributed by atoms with Gasteiger partial charge in [-0.15, -0.1) is 0 Å². The van der Waals surface area contributed by atoms with Crippen molar-refractivity contribution in [3.8, 4) is 11.4 Å². The van der Waals surface area contributed by atoms with Crippen molar-refractivity contribution >= 4 is 5.69 Å². The maximum absolute atomic E-state index is 10.6. The zero-order valence-corrected chi connectivity index (χ0v) is 12.6. The summed E-state index contributed by atoms with van der Waals surface area (Å²) in [6.07, 6.45) is 0.927. The molecule has 8 nitrogen and oxygen atoms in total. The standard InChI is InChI=1S/C14H18N4O4/c1-17(8-3-9-21-2)10-13-15-14(16-22-13)11-4-6-12(7-5-11)18(19)20/h4-7H,3,8-10H2,1-2H3. The molecule has 0 spiro atoms. The molecule has 0 fully saturated rings. The number of ether oxygens (including phenoxy) is 1. The van der Waals surface area contributed by atoms with Crippen LogP contribution in [0.15, 0.2) is 28.8 Å². The summed E-state index contributed by atoms with van der Waals surface area (Å²) < 4.78 is 10.2. The van der Waals surface area contributed by atoms with Crippen LogP contribution < -0.4 is 0 Å². The first-order chi connectivity index (χ1) is 10.6. The lowest BCUT2D eigenvalue weighted by Crippen LogP contribution is -2.20. The number of benzene rings is 1. The second-order valence-corrected chi connectivity index (χ2v) is 4.90. The van der Waals surface area contributed by atoms with Crippen LogP contribution in [0.5, 0.6) is 0 Å². The molecule has 0 atom stereocenters. The van der Waals surface area contributed by atoms with E-state index in [4.69, 9.17) is 9.26 Å². The Morgan fingerprint density at radius 3 is 2.73 bits per heavy atom. The number of non-ortho nitro benzene ring substituents is 1. The highest BCUT2D eigenvalue weighted by Gasteiger charge is 2.12. The van der Waals surface area contributed by atoms with Gasteiger partial charge in [-0.05, 0) is 25.6 Å². The first kappa shape index (κ1) is 16.1. The Balaban J connectivity index is 1.97. The normalized spacial score (nSPS) is 11.0. The monoisotopic (exact) mass is 306 g/mol. The van der Waals surface area contributed by atoms with Crippen LogP contribution in [0.25, 0.3) is 11.4 Å². The fourth-order valence-corrected chi connectivity index (χ4v) is 1.96. The summed E-state index contributed by atoms with van der Waals surface area (Å²) in [4.78, 5) is 16.5. The van der Waals surface area contributed by atoms with Gasteiger partial charge in [0.15, 0.2) is 0 Å². The number of nitro groups is 1. The molecule has 0 N–H and O–H groups in total. The molecule has 1 heterocycles. The van der Waals surface area contributed by atoms with Crippen molar-refractivity contribution < 1.29 is 14.2 Å². The summed E-state index contributed by atoms with van der Waals surface area (Å²) in [7, 11) is 3.64. The fraction of sp³-hybridized carbons (Fsp3) is 0.429. The van der Waals surface area contributed by atoms with Crippen molar-refractivity contribution in [2.75, 3.05) is 27.3 Å². The van der Waals surface area contributed by atoms with Crippen LogP contribution in [0.1, 0.15) is 12.3 Å². The minimum absolute atomic E-state index is 0.0327. The molecule has 2 aromatic rings. The molecule has 1 aromatic heterocycles. The minimum atomic E-state index is -0.444. The van der Waals surface area contributed by atoms with Crippen LogP contribution in [0.3, 0.4) is 0 Å². The second-order valence-electron chi connectivity index (χ2n) is 4.90. The number of methoxy groups -OCH3 is 1. The number of nitrogens with zero attached hydrogens (tertiary/aromatic N) is 4. The number of hydrogen-bond acceptors (Lipinski definition) is 7. The third kappa shape index (κ3) is 4.34. The smallest absolute Gasteiger partial charge is 0.269 e. The summed E-state index contributed by atoms with van der Waals surface area (Å²) in [5.74, 6) is 0.934. The Hall–Kier alpha value is -2.32. The van der Waals surface area contributed by atoms with Crippen molar-refractivity contribution in [1.29, 1.82) is 0 Å². The molecule has 0 bridgehead atoms. The molecule has 118 valence electrons. The average Bonchev–Trinajstić information content (AvgIpc) is 2.96. The molecular formula is C14H18N4O4. The van der Waals surface area contributed by atoms with Crippen molar-refractivity contribution in [2.45, 2.75) is 13.0 Å². The van der Waals surface area contributed by atoms with Gasteiger partial charge < -0.3 is 9.26 Å². The molecular weight excluding hydrogens is 288 g/mol. The van der Waals surface area contributed by atoms with E-state index in [0.717, 1.165) is 13.0 Å². The zero-order chi connectivity index (χ0) is 15.9. The Labute approximate surface area is 127 Å². The topological polar surface area (TPSA) is 94.5 Å². The van der Waals surface area contributed by atoms with Gasteiger partial charge in [0.25, 0.3) is 5.69 Å². The molecule has 22 heavy (non-hydrogen) atoms. The molecule has 1 aromatic carbocycles. The van der Waals surface area contributed by atoms with Crippen LogP contribution in [0, 0.1) is 10.1 Å². The lowest BCUT2D eigenvalue weighted by molar-refractivity contribution is -0.384. The van der Waals surface area contributed by atoms with E-state index in [-0.39, 0.29) is 5.69 Å². The van der Waals surface area contributed by atoms with Gasteiger partial charge >= 0.3 is 0 Å². The van der Waals surface area contributed by atoms with E-state index in [2.05, 4.69) is 15.0 Å². The van der Waals surface area contributed by atoms with Crippen LogP contribution >= 0.6 is 0 Å². The Morgan fingerprint density at radius 1 is 1.36 bits per heavy atom. The number of nitro benzene ring substituents is 1. The SMILES string of the molecule is COCCCN(C)Cc1nc(-c2ccc([N+](=O)[O-])cc2)no1. The molecule has 0 saturated carbocycles. The minimum Gasteiger partial charge on any atom is -0.385 e. The van der Waals surface area contributed by atoms with E-state index in [0.29, 0.717) is 30.4 Å². The molecule has 8 heteroatoms. The summed E-state index contributed by atoms with van der Waals surface area (Å²) in [5.41, 5.74) is 0.716. The van der Waals surface area contributed by atoms with Crippen molar-refractivity contribution in [3.63, 3.8) is 0 Å². The fourth-order valence-electron chi connectivity index (χ4n) is 1.96. The lowest BCUT2D eigenvalue weighted by Gasteiger charge is -2.12. The lowest BCUT2D eigenvalue weighted by atomic mass is 10.2. The zero-order valence-electron chi connectivity index (χ0n) is 12.6. The van der Waals surface area contributed by atoms with Gasteiger partial charge in [0.05, 0.1) is 11.5 Å². The van der Waals surface area contributed by atoms with Gasteiger partial charge in [0.1, 0.15) is 0 Å². The van der Waals surface area contributed by atoms with E-state index in [1.54, 1.807) is 19.2 Å². The summed E-state index contributed by atoms with van der Waals surface area (Å²) in [5, 5.41) is 14.5. The maximum Gasteiger partial charge on any atom is 0.269 e. The molecule has 2 rings (SSSR count). The van der Waals surface area contributed by atoms with E-state index in [1.165, 1.54) is 12.1 Å². The molecule has 0 amide bonds. The van der Waals surface area contributed by atoms with Gasteiger partial charge in [0, 0.05) is 38.0 Å². The Bertz CT molecular complexity index is 612. The first-order valence-corrected chi connectivity index (χ1v) is 6.85. The summed E-state index contributed by atoms with van der Waals surface area (Å²) in [6.45, 7) is 2.12. The summed E-state index contributed by atoms with van der Waals surface area (Å²) >= 11 is 0. The van der Waals surface area contributed by atoms with E-state index >= 15 is 0 Å². The van der Waals surface area contributed by atoms with Crippen LogP contribution in [0.2, 0.25) is 0 Å². The molecule has 0 unspecified atom stereocenters. The number of aromatic nitrogens is 2. The third-order valence-corrected chi connectivity index (χ3v) is 3.10. The second kappa shape index (κ2) is 7.62. The first-order valence-electron chi connectivity index (χ1n) is 6.85. The van der Waals surface area contributed by atoms with Gasteiger partial charge in [0.2, 0.25) is 11.7 Å². The van der Waals surface area contributed by atoms with Gasteiger partial charge in [-0.2, -0.15) is 4.98 Å². The predicted octanol–water partition coefficient (Wildman–Crippen LogP) is 2.11. The van der Waals surface area contributed by atoms with E-state index in [9.17, 15) is 10.1 Å². The quantitative estimate of drug-likeness (QED) is 0.419. The molecule has 0 aliphatic rings. The summed E-state index contributed by atoms with van der Waals surface area (Å²) in [6, 6.07) is 6.05. The average molecular weight is 306 g/mol. The molecule has 0 radical (unpaired) electrons. The van der Waals surface area contributed by atoms with Gasteiger partial charge in [-0.1, -0.05) is 5.16 Å².